The number of anilines is 1. The molecule has 3 aromatic heterocycles. The summed E-state index contributed by atoms with van der Waals surface area (Å²) in [5.41, 5.74) is 2.51. The predicted molar refractivity (Wildman–Crippen MR) is 133 cm³/mol. The van der Waals surface area contributed by atoms with E-state index in [4.69, 9.17) is 9.72 Å². The van der Waals surface area contributed by atoms with Crippen LogP contribution >= 0.6 is 11.8 Å². The summed E-state index contributed by atoms with van der Waals surface area (Å²) in [7, 11) is 0. The van der Waals surface area contributed by atoms with Gasteiger partial charge >= 0.3 is 0 Å². The van der Waals surface area contributed by atoms with Gasteiger partial charge in [-0.2, -0.15) is 0 Å². The topological polar surface area (TPSA) is 105 Å². The van der Waals surface area contributed by atoms with Gasteiger partial charge in [-0.1, -0.05) is 0 Å². The Hall–Kier alpha value is -2.88. The second-order valence-electron chi connectivity index (χ2n) is 9.15. The zero-order chi connectivity index (χ0) is 23.2. The number of pyridine rings is 1. The van der Waals surface area contributed by atoms with Crippen LogP contribution in [0.3, 0.4) is 0 Å². The molecule has 4 unspecified atom stereocenters. The van der Waals surface area contributed by atoms with Gasteiger partial charge in [-0.15, -0.1) is 11.8 Å². The molecular formula is C25H27N5O3S. The van der Waals surface area contributed by atoms with Crippen LogP contribution in [0.5, 0.6) is 5.75 Å². The highest BCUT2D eigenvalue weighted by molar-refractivity contribution is 8.00. The van der Waals surface area contributed by atoms with E-state index < -0.39 is 12.2 Å². The number of hydrogen-bond donors (Lipinski definition) is 3. The van der Waals surface area contributed by atoms with Gasteiger partial charge in [0.15, 0.2) is 0 Å². The molecule has 3 N–H and O–H groups in total. The molecular weight excluding hydrogens is 450 g/mol. The SMILES string of the molecule is Cc1ncnc2c1ccn2C1SC(COc2ccc3ccc(NCC4CC4)nc3c2)C(O)C1O. The maximum atomic E-state index is 10.8. The van der Waals surface area contributed by atoms with Crippen molar-refractivity contribution in [2.75, 3.05) is 18.5 Å². The number of nitrogens with zero attached hydrogens (tertiary/aromatic N) is 4. The van der Waals surface area contributed by atoms with E-state index in [9.17, 15) is 10.2 Å². The van der Waals surface area contributed by atoms with Gasteiger partial charge in [0.2, 0.25) is 0 Å². The van der Waals surface area contributed by atoms with Gasteiger partial charge in [-0.25, -0.2) is 15.0 Å². The lowest BCUT2D eigenvalue weighted by molar-refractivity contribution is 0.0128. The van der Waals surface area contributed by atoms with Gasteiger partial charge in [0.1, 0.15) is 41.6 Å². The monoisotopic (exact) mass is 477 g/mol. The van der Waals surface area contributed by atoms with Crippen LogP contribution in [-0.4, -0.2) is 60.3 Å². The van der Waals surface area contributed by atoms with Crippen molar-refractivity contribution in [3.05, 3.63) is 54.6 Å². The minimum atomic E-state index is -0.928. The van der Waals surface area contributed by atoms with Crippen LogP contribution in [0.4, 0.5) is 5.82 Å². The number of aliphatic hydroxyl groups is 2. The molecule has 1 aliphatic carbocycles. The number of aromatic nitrogens is 4. The lowest BCUT2D eigenvalue weighted by Crippen LogP contribution is -2.34. The quantitative estimate of drug-likeness (QED) is 0.371. The highest BCUT2D eigenvalue weighted by Crippen LogP contribution is 2.43. The summed E-state index contributed by atoms with van der Waals surface area (Å²) >= 11 is 1.50. The van der Waals surface area contributed by atoms with Gasteiger partial charge in [-0.05, 0) is 56.0 Å². The second-order valence-corrected chi connectivity index (χ2v) is 10.5. The number of rotatable bonds is 7. The van der Waals surface area contributed by atoms with Gasteiger partial charge in [0.05, 0.1) is 22.6 Å². The first kappa shape index (κ1) is 21.6. The van der Waals surface area contributed by atoms with E-state index in [2.05, 4.69) is 21.4 Å². The van der Waals surface area contributed by atoms with E-state index >= 15 is 0 Å². The third-order valence-electron chi connectivity index (χ3n) is 6.67. The molecule has 1 aliphatic heterocycles. The van der Waals surface area contributed by atoms with Crippen molar-refractivity contribution in [2.24, 2.45) is 5.92 Å². The molecule has 8 nitrogen and oxygen atoms in total. The molecule has 2 fully saturated rings. The van der Waals surface area contributed by atoms with Crippen molar-refractivity contribution in [2.45, 2.75) is 42.6 Å². The Bertz CT molecular complexity index is 1340. The van der Waals surface area contributed by atoms with E-state index in [0.717, 1.165) is 45.9 Å². The Morgan fingerprint density at radius 1 is 1.12 bits per heavy atom. The second kappa shape index (κ2) is 8.72. The Kier molecular flexibility index (Phi) is 5.55. The van der Waals surface area contributed by atoms with Gasteiger partial charge in [0.25, 0.3) is 0 Å². The summed E-state index contributed by atoms with van der Waals surface area (Å²) in [6, 6.07) is 11.9. The standard InChI is InChI=1S/C25H27N5O3S/c1-14-18-8-9-30(24(18)28-13-27-14)25-23(32)22(31)20(34-25)12-33-17-6-4-16-5-7-21(29-19(16)10-17)26-11-15-2-3-15/h4-10,13,15,20,22-23,25,31-32H,2-3,11-12H2,1H3,(H,26,29). The highest BCUT2D eigenvalue weighted by Gasteiger charge is 2.44. The molecule has 0 amide bonds. The lowest BCUT2D eigenvalue weighted by Gasteiger charge is -2.17. The van der Waals surface area contributed by atoms with Gasteiger partial charge in [0, 0.05) is 29.6 Å². The van der Waals surface area contributed by atoms with E-state index in [0.29, 0.717) is 5.75 Å². The third kappa shape index (κ3) is 4.08. The number of fused-ring (bicyclic) bond motifs is 2. The Morgan fingerprint density at radius 3 is 2.82 bits per heavy atom. The number of ether oxygens (including phenoxy) is 1. The fraction of sp³-hybridized carbons (Fsp3) is 0.400. The average Bonchev–Trinajstić information content (AvgIpc) is 3.52. The van der Waals surface area contributed by atoms with Crippen LogP contribution in [0, 0.1) is 12.8 Å². The van der Waals surface area contributed by atoms with Gasteiger partial charge in [-0.3, -0.25) is 0 Å². The van der Waals surface area contributed by atoms with Crippen LogP contribution in [-0.2, 0) is 0 Å². The molecule has 6 rings (SSSR count). The molecule has 9 heteroatoms. The molecule has 34 heavy (non-hydrogen) atoms. The van der Waals surface area contributed by atoms with E-state index in [1.807, 2.05) is 48.0 Å². The number of aliphatic hydroxyl groups excluding tert-OH is 2. The summed E-state index contributed by atoms with van der Waals surface area (Å²) in [4.78, 5) is 13.3. The largest absolute Gasteiger partial charge is 0.492 e. The minimum absolute atomic E-state index is 0.276. The van der Waals surface area contributed by atoms with Crippen molar-refractivity contribution in [1.82, 2.24) is 19.5 Å². The van der Waals surface area contributed by atoms with E-state index in [1.165, 1.54) is 30.9 Å². The first-order chi connectivity index (χ1) is 16.6. The Balaban J connectivity index is 1.15. The maximum absolute atomic E-state index is 10.8. The van der Waals surface area contributed by atoms with Crippen molar-refractivity contribution >= 4 is 39.5 Å². The van der Waals surface area contributed by atoms with Gasteiger partial charge < -0.3 is 24.8 Å². The van der Waals surface area contributed by atoms with Crippen molar-refractivity contribution in [3.8, 4) is 5.75 Å². The number of benzene rings is 1. The molecule has 4 atom stereocenters. The molecule has 4 aromatic rings. The number of aryl methyl sites for hydroxylation is 1. The van der Waals surface area contributed by atoms with Crippen LogP contribution in [0.15, 0.2) is 48.9 Å². The molecule has 176 valence electrons. The number of nitrogens with one attached hydrogen (secondary N) is 1. The molecule has 1 saturated heterocycles. The average molecular weight is 478 g/mol. The van der Waals surface area contributed by atoms with Crippen molar-refractivity contribution in [1.29, 1.82) is 0 Å². The number of hydrogen-bond acceptors (Lipinski definition) is 8. The summed E-state index contributed by atoms with van der Waals surface area (Å²) in [5, 5.41) is 26.3. The molecule has 1 aromatic carbocycles. The third-order valence-corrected chi connectivity index (χ3v) is 8.22. The summed E-state index contributed by atoms with van der Waals surface area (Å²) in [6.45, 7) is 3.18. The zero-order valence-electron chi connectivity index (χ0n) is 18.8. The zero-order valence-corrected chi connectivity index (χ0v) is 19.7. The van der Waals surface area contributed by atoms with Crippen LogP contribution < -0.4 is 10.1 Å². The maximum Gasteiger partial charge on any atom is 0.144 e. The first-order valence-corrected chi connectivity index (χ1v) is 12.6. The number of thioether (sulfide) groups is 1. The van der Waals surface area contributed by atoms with Crippen molar-refractivity contribution < 1.29 is 14.9 Å². The summed E-state index contributed by atoms with van der Waals surface area (Å²) in [6.07, 6.45) is 4.18. The van der Waals surface area contributed by atoms with Crippen LogP contribution in [0.25, 0.3) is 21.9 Å². The smallest absolute Gasteiger partial charge is 0.144 e. The fourth-order valence-electron chi connectivity index (χ4n) is 4.43. The summed E-state index contributed by atoms with van der Waals surface area (Å²) < 4.78 is 7.97. The highest BCUT2D eigenvalue weighted by atomic mass is 32.2. The fourth-order valence-corrected chi connectivity index (χ4v) is 5.88. The van der Waals surface area contributed by atoms with Crippen LogP contribution in [0.2, 0.25) is 0 Å². The molecule has 4 heterocycles. The van der Waals surface area contributed by atoms with Crippen molar-refractivity contribution in [3.63, 3.8) is 0 Å². The minimum Gasteiger partial charge on any atom is -0.492 e. The molecule has 0 spiro atoms. The Labute approximate surface area is 201 Å². The molecule has 2 aliphatic rings. The summed E-state index contributed by atoms with van der Waals surface area (Å²) in [5.74, 6) is 2.35. The van der Waals surface area contributed by atoms with E-state index in [1.54, 1.807) is 0 Å². The lowest BCUT2D eigenvalue weighted by atomic mass is 10.1. The molecule has 0 bridgehead atoms. The predicted octanol–water partition coefficient (Wildman–Crippen LogP) is 3.52. The molecule has 0 radical (unpaired) electrons. The first-order valence-electron chi connectivity index (χ1n) is 11.6. The Morgan fingerprint density at radius 2 is 1.97 bits per heavy atom. The molecule has 1 saturated carbocycles. The normalized spacial score (nSPS) is 24.7. The van der Waals surface area contributed by atoms with Crippen LogP contribution in [0.1, 0.15) is 23.9 Å². The van der Waals surface area contributed by atoms with E-state index in [-0.39, 0.29) is 17.2 Å².